The maximum Gasteiger partial charge on any atom is 0.262 e. The van der Waals surface area contributed by atoms with Gasteiger partial charge in [0.15, 0.2) is 0 Å². The fourth-order valence-corrected chi connectivity index (χ4v) is 13.6. The van der Waals surface area contributed by atoms with E-state index in [0.717, 1.165) is 24.8 Å². The number of aryl methyl sites for hydroxylation is 2. The predicted octanol–water partition coefficient (Wildman–Crippen LogP) is 16.2. The minimum absolute atomic E-state index is 0.245. The summed E-state index contributed by atoms with van der Waals surface area (Å²) in [6, 6.07) is 62.8. The highest BCUT2D eigenvalue weighted by Crippen LogP contribution is 2.52. The number of anilines is 2. The van der Waals surface area contributed by atoms with Crippen LogP contribution >= 0.6 is 23.1 Å². The number of rotatable bonds is 12. The van der Waals surface area contributed by atoms with E-state index in [1.165, 1.54) is 103 Å². The lowest BCUT2D eigenvalue weighted by atomic mass is 9.69. The minimum atomic E-state index is -0.352. The zero-order valence-electron chi connectivity index (χ0n) is 41.6. The number of thiazole rings is 1. The topological polar surface area (TPSA) is 10.4 Å². The van der Waals surface area contributed by atoms with Crippen LogP contribution in [-0.4, -0.2) is 14.1 Å². The molecule has 0 saturated heterocycles. The van der Waals surface area contributed by atoms with Crippen LogP contribution in [0.5, 0.6) is 0 Å². The second kappa shape index (κ2) is 18.9. The van der Waals surface area contributed by atoms with Crippen molar-refractivity contribution in [3.05, 3.63) is 267 Å². The monoisotopic (exact) mass is 958 g/mol. The van der Waals surface area contributed by atoms with Crippen molar-refractivity contribution in [3.8, 4) is 0 Å². The summed E-state index contributed by atoms with van der Waals surface area (Å²) in [6.07, 6.45) is 16.1. The lowest BCUT2D eigenvalue weighted by Crippen LogP contribution is -2.29. The largest absolute Gasteiger partial charge is 0.347 e. The molecule has 0 fully saturated rings. The summed E-state index contributed by atoms with van der Waals surface area (Å²) in [7, 11) is 6.54. The minimum Gasteiger partial charge on any atom is -0.347 e. The molecule has 2 unspecified atom stereocenters. The maximum absolute atomic E-state index is 4.81. The Morgan fingerprint density at radius 2 is 1.30 bits per heavy atom. The van der Waals surface area contributed by atoms with Gasteiger partial charge in [0.25, 0.3) is 5.01 Å². The number of hydrogen-bond acceptors (Lipinski definition) is 4. The van der Waals surface area contributed by atoms with E-state index in [2.05, 4.69) is 263 Å². The SMILES string of the molecule is C=C(/C=C/C=C1\Sc2ccccc2N1C)C(C)(Cc1ccc(Cc2ccc(CC3(C)C(=CC=Cc4sc5ccccc5[n+]4C)N(C)c4ccc5ccccc5c43)cc2)cc1)c1c(C)ccc2ccccc12. The molecule has 11 rings (SSSR count). The normalized spacial score (nSPS) is 17.7. The molecule has 350 valence electrons. The zero-order valence-corrected chi connectivity index (χ0v) is 43.2. The number of fused-ring (bicyclic) bond motifs is 6. The summed E-state index contributed by atoms with van der Waals surface area (Å²) in [5.74, 6) is 0. The van der Waals surface area contributed by atoms with E-state index < -0.39 is 0 Å². The van der Waals surface area contributed by atoms with Crippen LogP contribution < -0.4 is 14.4 Å². The third kappa shape index (κ3) is 8.55. The molecule has 2 aliphatic heterocycles. The van der Waals surface area contributed by atoms with Gasteiger partial charge in [-0.15, -0.1) is 0 Å². The van der Waals surface area contributed by atoms with Crippen LogP contribution in [-0.2, 0) is 37.1 Å². The van der Waals surface area contributed by atoms with E-state index in [0.29, 0.717) is 0 Å². The number of para-hydroxylation sites is 2. The number of nitrogens with zero attached hydrogens (tertiary/aromatic N) is 3. The van der Waals surface area contributed by atoms with Gasteiger partial charge >= 0.3 is 0 Å². The van der Waals surface area contributed by atoms with Crippen molar-refractivity contribution < 1.29 is 4.57 Å². The molecular weight excluding hydrogens is 899 g/mol. The van der Waals surface area contributed by atoms with Gasteiger partial charge in [0.2, 0.25) is 5.52 Å². The van der Waals surface area contributed by atoms with Crippen LogP contribution in [0.15, 0.2) is 228 Å². The summed E-state index contributed by atoms with van der Waals surface area (Å²) < 4.78 is 3.59. The summed E-state index contributed by atoms with van der Waals surface area (Å²) in [4.78, 5) is 5.98. The Balaban J connectivity index is 0.843. The number of aromatic nitrogens is 1. The van der Waals surface area contributed by atoms with Gasteiger partial charge < -0.3 is 9.80 Å². The molecule has 0 spiro atoms. The molecular formula is C66H60N3S2+. The average Bonchev–Trinajstić information content (AvgIpc) is 3.96. The number of thioether (sulfide) groups is 1. The lowest BCUT2D eigenvalue weighted by molar-refractivity contribution is -0.642. The van der Waals surface area contributed by atoms with Gasteiger partial charge in [0.05, 0.1) is 10.7 Å². The molecule has 0 saturated carbocycles. The average molecular weight is 959 g/mol. The molecule has 3 heterocycles. The maximum atomic E-state index is 4.81. The molecule has 0 bridgehead atoms. The van der Waals surface area contributed by atoms with Crippen LogP contribution in [0.1, 0.15) is 57.8 Å². The van der Waals surface area contributed by atoms with E-state index in [1.54, 1.807) is 0 Å². The molecule has 0 amide bonds. The molecule has 2 aliphatic rings. The first kappa shape index (κ1) is 46.2. The molecule has 3 nitrogen and oxygen atoms in total. The van der Waals surface area contributed by atoms with Crippen molar-refractivity contribution in [1.82, 2.24) is 0 Å². The molecule has 9 aromatic rings. The second-order valence-electron chi connectivity index (χ2n) is 19.9. The van der Waals surface area contributed by atoms with Crippen molar-refractivity contribution in [3.63, 3.8) is 0 Å². The Labute approximate surface area is 428 Å². The van der Waals surface area contributed by atoms with Crippen molar-refractivity contribution in [2.24, 2.45) is 7.05 Å². The van der Waals surface area contributed by atoms with Crippen molar-refractivity contribution in [2.45, 2.75) is 55.8 Å². The van der Waals surface area contributed by atoms with Gasteiger partial charge in [0.1, 0.15) is 11.7 Å². The van der Waals surface area contributed by atoms with Gasteiger partial charge in [-0.05, 0) is 136 Å². The molecule has 0 N–H and O–H groups in total. The highest BCUT2D eigenvalue weighted by Gasteiger charge is 2.43. The summed E-state index contributed by atoms with van der Waals surface area (Å²) in [5, 5.41) is 7.59. The van der Waals surface area contributed by atoms with E-state index >= 15 is 0 Å². The Morgan fingerprint density at radius 3 is 2.04 bits per heavy atom. The third-order valence-corrected chi connectivity index (χ3v) is 17.7. The first-order valence-electron chi connectivity index (χ1n) is 24.7. The first-order chi connectivity index (χ1) is 34.5. The number of allylic oxidation sites excluding steroid dienone is 7. The summed E-state index contributed by atoms with van der Waals surface area (Å²) in [5.41, 5.74) is 14.9. The summed E-state index contributed by atoms with van der Waals surface area (Å²) >= 11 is 3.65. The van der Waals surface area contributed by atoms with Gasteiger partial charge in [-0.3, -0.25) is 0 Å². The molecule has 1 aromatic heterocycles. The van der Waals surface area contributed by atoms with Crippen LogP contribution in [0.2, 0.25) is 0 Å². The number of benzene rings is 8. The van der Waals surface area contributed by atoms with Gasteiger partial charge in [0, 0.05) is 53.3 Å². The highest BCUT2D eigenvalue weighted by atomic mass is 32.2. The van der Waals surface area contributed by atoms with E-state index in [9.17, 15) is 0 Å². The van der Waals surface area contributed by atoms with Crippen LogP contribution in [0.25, 0.3) is 37.8 Å². The number of hydrogen-bond donors (Lipinski definition) is 0. The molecule has 0 radical (unpaired) electrons. The van der Waals surface area contributed by atoms with E-state index in [-0.39, 0.29) is 10.8 Å². The second-order valence-corrected chi connectivity index (χ2v) is 22.1. The van der Waals surface area contributed by atoms with E-state index in [4.69, 9.17) is 6.58 Å². The molecule has 0 aliphatic carbocycles. The standard InChI is InChI=1S/C66H60N3S2/c1-45-30-39-51-19-8-10-21-53(51)63(45)65(3,46(2)18-16-28-61-68(6)55-23-12-14-25-58(55)70-61)43-49-35-31-47(32-36-49)42-48-33-37-50(38-34-48)44-66(4)60(27-17-29-62-69(7)56-24-13-15-26-59(56)71-62)67(5)57-41-40-52-20-9-11-22-54(52)64(57)66/h8-41H,2,42-44H2,1,3-7H3/q+1/b18-16+,61-28-. The molecule has 2 atom stereocenters. The van der Waals surface area contributed by atoms with Gasteiger partial charge in [-0.2, -0.15) is 4.57 Å². The first-order valence-corrected chi connectivity index (χ1v) is 26.4. The molecule has 5 heteroatoms. The van der Waals surface area contributed by atoms with Crippen molar-refractivity contribution in [2.75, 3.05) is 23.9 Å². The number of likely N-dealkylation sites (N-methyl/N-ethyl adjacent to an activating group) is 1. The van der Waals surface area contributed by atoms with Crippen molar-refractivity contribution in [1.29, 1.82) is 0 Å². The lowest BCUT2D eigenvalue weighted by Gasteiger charge is -2.34. The Bertz CT molecular complexity index is 3650. The predicted molar refractivity (Wildman–Crippen MR) is 306 cm³/mol. The smallest absolute Gasteiger partial charge is 0.262 e. The highest BCUT2D eigenvalue weighted by molar-refractivity contribution is 8.03. The fraction of sp³-hybridized carbons (Fsp3) is 0.167. The zero-order chi connectivity index (χ0) is 48.9. The van der Waals surface area contributed by atoms with Crippen LogP contribution in [0, 0.1) is 6.92 Å². The quantitative estimate of drug-likeness (QED) is 0.0893. The van der Waals surface area contributed by atoms with Gasteiger partial charge in [-0.1, -0.05) is 194 Å². The Kier molecular flexibility index (Phi) is 12.3. The third-order valence-electron chi connectivity index (χ3n) is 15.3. The Morgan fingerprint density at radius 1 is 0.662 bits per heavy atom. The fourth-order valence-electron chi connectivity index (χ4n) is 11.5. The summed E-state index contributed by atoms with van der Waals surface area (Å²) in [6.45, 7) is 11.9. The van der Waals surface area contributed by atoms with E-state index in [1.807, 2.05) is 23.1 Å². The molecule has 8 aromatic carbocycles. The van der Waals surface area contributed by atoms with Crippen LogP contribution in [0.3, 0.4) is 0 Å². The van der Waals surface area contributed by atoms with Gasteiger partial charge in [-0.25, -0.2) is 0 Å². The Hall–Kier alpha value is -7.18. The molecule has 71 heavy (non-hydrogen) atoms. The van der Waals surface area contributed by atoms with Crippen molar-refractivity contribution >= 4 is 72.3 Å². The van der Waals surface area contributed by atoms with Crippen LogP contribution in [0.4, 0.5) is 11.4 Å².